The summed E-state index contributed by atoms with van der Waals surface area (Å²) in [5, 5.41) is 8.81. The minimum absolute atomic E-state index is 0.0734. The molecule has 0 aromatic heterocycles. The van der Waals surface area contributed by atoms with Crippen molar-refractivity contribution < 1.29 is 14.6 Å². The van der Waals surface area contributed by atoms with Gasteiger partial charge in [-0.25, -0.2) is 0 Å². The number of ether oxygens (including phenoxy) is 1. The van der Waals surface area contributed by atoms with Crippen molar-refractivity contribution >= 4 is 11.6 Å². The summed E-state index contributed by atoms with van der Waals surface area (Å²) in [6.45, 7) is 3.10. The van der Waals surface area contributed by atoms with Crippen LogP contribution in [0.5, 0.6) is 5.75 Å². The van der Waals surface area contributed by atoms with Crippen molar-refractivity contribution in [3.8, 4) is 5.75 Å². The molecule has 0 atom stereocenters. The predicted molar refractivity (Wildman–Crippen MR) is 70.7 cm³/mol. The first kappa shape index (κ1) is 14.3. The lowest BCUT2D eigenvalue weighted by Gasteiger charge is -2.21. The summed E-state index contributed by atoms with van der Waals surface area (Å²) in [5.41, 5.74) is 6.73. The Morgan fingerprint density at radius 1 is 1.44 bits per heavy atom. The molecule has 5 heteroatoms. The molecule has 1 aromatic carbocycles. The van der Waals surface area contributed by atoms with Crippen LogP contribution in [-0.4, -0.2) is 42.7 Å². The van der Waals surface area contributed by atoms with Crippen LogP contribution in [0.1, 0.15) is 23.7 Å². The molecule has 3 N–H and O–H groups in total. The largest absolute Gasteiger partial charge is 0.497 e. The zero-order valence-electron chi connectivity index (χ0n) is 10.8. The average Bonchev–Trinajstić information content (AvgIpc) is 2.38. The van der Waals surface area contributed by atoms with Gasteiger partial charge in [-0.2, -0.15) is 0 Å². The maximum atomic E-state index is 12.2. The van der Waals surface area contributed by atoms with Crippen molar-refractivity contribution in [3.05, 3.63) is 23.8 Å². The molecular formula is C13H20N2O3. The number of rotatable bonds is 6. The number of carbonyl (C=O) groups excluding carboxylic acids is 1. The first-order valence-electron chi connectivity index (χ1n) is 5.97. The van der Waals surface area contributed by atoms with E-state index in [0.29, 0.717) is 36.5 Å². The van der Waals surface area contributed by atoms with Crippen molar-refractivity contribution in [2.24, 2.45) is 0 Å². The highest BCUT2D eigenvalue weighted by Crippen LogP contribution is 2.19. The van der Waals surface area contributed by atoms with E-state index in [1.807, 2.05) is 6.92 Å². The van der Waals surface area contributed by atoms with E-state index in [2.05, 4.69) is 0 Å². The number of methoxy groups -OCH3 is 1. The predicted octanol–water partition coefficient (Wildman–Crippen LogP) is 1.12. The molecule has 0 heterocycles. The van der Waals surface area contributed by atoms with Crippen LogP contribution >= 0.6 is 0 Å². The lowest BCUT2D eigenvalue weighted by atomic mass is 10.1. The number of hydrogen-bond donors (Lipinski definition) is 2. The molecule has 18 heavy (non-hydrogen) atoms. The smallest absolute Gasteiger partial charge is 0.254 e. The van der Waals surface area contributed by atoms with Crippen LogP contribution < -0.4 is 10.5 Å². The first-order chi connectivity index (χ1) is 8.62. The maximum absolute atomic E-state index is 12.2. The maximum Gasteiger partial charge on any atom is 0.254 e. The summed E-state index contributed by atoms with van der Waals surface area (Å²) in [5.74, 6) is 0.466. The Balaban J connectivity index is 2.90. The molecule has 100 valence electrons. The fourth-order valence-corrected chi connectivity index (χ4v) is 1.71. The Hall–Kier alpha value is -1.75. The summed E-state index contributed by atoms with van der Waals surface area (Å²) < 4.78 is 5.09. The fraction of sp³-hybridized carbons (Fsp3) is 0.462. The zero-order chi connectivity index (χ0) is 13.5. The third-order valence-corrected chi connectivity index (χ3v) is 2.67. The second-order valence-corrected chi connectivity index (χ2v) is 3.96. The highest BCUT2D eigenvalue weighted by Gasteiger charge is 2.15. The second-order valence-electron chi connectivity index (χ2n) is 3.96. The number of anilines is 1. The molecule has 0 bridgehead atoms. The summed E-state index contributed by atoms with van der Waals surface area (Å²) in [6.07, 6.45) is 0.568. The van der Waals surface area contributed by atoms with Gasteiger partial charge in [0.15, 0.2) is 0 Å². The van der Waals surface area contributed by atoms with Crippen LogP contribution in [0, 0.1) is 0 Å². The van der Waals surface area contributed by atoms with Crippen LogP contribution in [0.2, 0.25) is 0 Å². The Morgan fingerprint density at radius 3 is 2.72 bits per heavy atom. The number of amides is 1. The lowest BCUT2D eigenvalue weighted by Crippen LogP contribution is -2.32. The van der Waals surface area contributed by atoms with Gasteiger partial charge in [0.2, 0.25) is 0 Å². The van der Waals surface area contributed by atoms with E-state index >= 15 is 0 Å². The van der Waals surface area contributed by atoms with E-state index in [4.69, 9.17) is 15.6 Å². The van der Waals surface area contributed by atoms with Gasteiger partial charge in [-0.05, 0) is 25.5 Å². The summed E-state index contributed by atoms with van der Waals surface area (Å²) in [6, 6.07) is 4.97. The van der Waals surface area contributed by atoms with Crippen molar-refractivity contribution in [2.75, 3.05) is 32.5 Å². The topological polar surface area (TPSA) is 75.8 Å². The second kappa shape index (κ2) is 6.86. The van der Waals surface area contributed by atoms with Crippen LogP contribution in [-0.2, 0) is 0 Å². The lowest BCUT2D eigenvalue weighted by molar-refractivity contribution is 0.0754. The molecule has 1 rings (SSSR count). The van der Waals surface area contributed by atoms with E-state index in [-0.39, 0.29) is 12.5 Å². The number of nitrogens with zero attached hydrogens (tertiary/aromatic N) is 1. The van der Waals surface area contributed by atoms with Crippen LogP contribution in [0.3, 0.4) is 0 Å². The molecule has 1 aromatic rings. The molecule has 0 radical (unpaired) electrons. The fourth-order valence-electron chi connectivity index (χ4n) is 1.71. The first-order valence-corrected chi connectivity index (χ1v) is 5.97. The van der Waals surface area contributed by atoms with Gasteiger partial charge in [0.25, 0.3) is 5.91 Å². The number of benzene rings is 1. The van der Waals surface area contributed by atoms with Crippen LogP contribution in [0.25, 0.3) is 0 Å². The quantitative estimate of drug-likeness (QED) is 0.744. The molecule has 5 nitrogen and oxygen atoms in total. The third kappa shape index (κ3) is 3.63. The van der Waals surface area contributed by atoms with E-state index in [9.17, 15) is 4.79 Å². The SMILES string of the molecule is CCN(CCCO)C(=O)c1cc(N)cc(OC)c1. The summed E-state index contributed by atoms with van der Waals surface area (Å²) in [7, 11) is 1.53. The van der Waals surface area contributed by atoms with Gasteiger partial charge in [-0.15, -0.1) is 0 Å². The Labute approximate surface area is 107 Å². The molecule has 0 aliphatic rings. The van der Waals surface area contributed by atoms with Crippen molar-refractivity contribution in [1.82, 2.24) is 4.90 Å². The number of aliphatic hydroxyl groups is 1. The van der Waals surface area contributed by atoms with Crippen molar-refractivity contribution in [1.29, 1.82) is 0 Å². The zero-order valence-corrected chi connectivity index (χ0v) is 10.8. The van der Waals surface area contributed by atoms with Gasteiger partial charge in [-0.3, -0.25) is 4.79 Å². The monoisotopic (exact) mass is 252 g/mol. The third-order valence-electron chi connectivity index (χ3n) is 2.67. The molecule has 0 fully saturated rings. The summed E-state index contributed by atoms with van der Waals surface area (Å²) >= 11 is 0. The molecule has 0 saturated heterocycles. The molecule has 0 aliphatic heterocycles. The standard InChI is InChI=1S/C13H20N2O3/c1-3-15(5-4-6-16)13(17)10-7-11(14)9-12(8-10)18-2/h7-9,16H,3-6,14H2,1-2H3. The van der Waals surface area contributed by atoms with E-state index < -0.39 is 0 Å². The number of hydrogen-bond acceptors (Lipinski definition) is 4. The molecule has 0 saturated carbocycles. The van der Waals surface area contributed by atoms with Gasteiger partial charge in [0.05, 0.1) is 7.11 Å². The van der Waals surface area contributed by atoms with Gasteiger partial charge >= 0.3 is 0 Å². The molecule has 0 aliphatic carbocycles. The minimum Gasteiger partial charge on any atom is -0.497 e. The number of aliphatic hydroxyl groups excluding tert-OH is 1. The van der Waals surface area contributed by atoms with Gasteiger partial charge < -0.3 is 20.5 Å². The van der Waals surface area contributed by atoms with E-state index in [0.717, 1.165) is 0 Å². The minimum atomic E-state index is -0.100. The highest BCUT2D eigenvalue weighted by molar-refractivity contribution is 5.95. The van der Waals surface area contributed by atoms with Gasteiger partial charge in [0, 0.05) is 37.0 Å². The molecular weight excluding hydrogens is 232 g/mol. The number of nitrogen functional groups attached to an aromatic ring is 1. The van der Waals surface area contributed by atoms with E-state index in [1.54, 1.807) is 23.1 Å². The Bertz CT molecular complexity index is 407. The van der Waals surface area contributed by atoms with Crippen molar-refractivity contribution in [2.45, 2.75) is 13.3 Å². The summed E-state index contributed by atoms with van der Waals surface area (Å²) in [4.78, 5) is 13.9. The number of carbonyl (C=O) groups is 1. The number of nitrogens with two attached hydrogens (primary N) is 1. The van der Waals surface area contributed by atoms with Gasteiger partial charge in [-0.1, -0.05) is 0 Å². The van der Waals surface area contributed by atoms with Crippen LogP contribution in [0.4, 0.5) is 5.69 Å². The normalized spacial score (nSPS) is 10.2. The average molecular weight is 252 g/mol. The van der Waals surface area contributed by atoms with Gasteiger partial charge in [0.1, 0.15) is 5.75 Å². The molecule has 1 amide bonds. The Kier molecular flexibility index (Phi) is 5.45. The molecule has 0 unspecified atom stereocenters. The van der Waals surface area contributed by atoms with Crippen LogP contribution in [0.15, 0.2) is 18.2 Å². The highest BCUT2D eigenvalue weighted by atomic mass is 16.5. The molecule has 0 spiro atoms. The van der Waals surface area contributed by atoms with E-state index in [1.165, 1.54) is 7.11 Å². The van der Waals surface area contributed by atoms with Crippen molar-refractivity contribution in [3.63, 3.8) is 0 Å². The Morgan fingerprint density at radius 2 is 2.17 bits per heavy atom.